The van der Waals surface area contributed by atoms with Crippen molar-refractivity contribution in [2.45, 2.75) is 35.5 Å². The standard InChI is InChI=1S/C16H16O2S/c17-14-6-3-7-15(11-14)19(18)16-9-8-12-4-1-2-5-13(12)10-16/h3,6-11,17H,1-2,4-5H2. The zero-order chi connectivity index (χ0) is 13.2. The molecule has 3 rings (SSSR count). The van der Waals surface area contributed by atoms with Gasteiger partial charge in [0, 0.05) is 9.79 Å². The minimum atomic E-state index is -1.22. The molecule has 0 saturated carbocycles. The molecular weight excluding hydrogens is 256 g/mol. The van der Waals surface area contributed by atoms with E-state index in [9.17, 15) is 9.32 Å². The van der Waals surface area contributed by atoms with Crippen LogP contribution in [0.1, 0.15) is 24.0 Å². The van der Waals surface area contributed by atoms with Gasteiger partial charge < -0.3 is 5.11 Å². The van der Waals surface area contributed by atoms with Crippen molar-refractivity contribution in [3.63, 3.8) is 0 Å². The van der Waals surface area contributed by atoms with Crippen LogP contribution in [0, 0.1) is 0 Å². The highest BCUT2D eigenvalue weighted by Crippen LogP contribution is 2.26. The van der Waals surface area contributed by atoms with Crippen molar-refractivity contribution in [3.8, 4) is 5.75 Å². The third kappa shape index (κ3) is 2.56. The number of benzene rings is 2. The maximum atomic E-state index is 12.5. The van der Waals surface area contributed by atoms with Crippen LogP contribution in [0.15, 0.2) is 52.3 Å². The van der Waals surface area contributed by atoms with Crippen molar-refractivity contribution < 1.29 is 9.32 Å². The number of hydrogen-bond donors (Lipinski definition) is 1. The van der Waals surface area contributed by atoms with Crippen molar-refractivity contribution in [1.29, 1.82) is 0 Å². The molecule has 0 spiro atoms. The molecule has 1 aliphatic carbocycles. The topological polar surface area (TPSA) is 37.3 Å². The summed E-state index contributed by atoms with van der Waals surface area (Å²) >= 11 is 0. The van der Waals surface area contributed by atoms with Crippen molar-refractivity contribution in [3.05, 3.63) is 53.6 Å². The Balaban J connectivity index is 1.96. The highest BCUT2D eigenvalue weighted by atomic mass is 32.2. The van der Waals surface area contributed by atoms with Gasteiger partial charge in [0.2, 0.25) is 0 Å². The second-order valence-electron chi connectivity index (χ2n) is 4.90. The van der Waals surface area contributed by atoms with Crippen LogP contribution in [0.5, 0.6) is 5.75 Å². The molecule has 0 heterocycles. The van der Waals surface area contributed by atoms with E-state index in [2.05, 4.69) is 12.1 Å². The van der Waals surface area contributed by atoms with Crippen LogP contribution in [0.25, 0.3) is 0 Å². The Morgan fingerprint density at radius 3 is 2.42 bits per heavy atom. The van der Waals surface area contributed by atoms with Gasteiger partial charge in [-0.1, -0.05) is 12.1 Å². The summed E-state index contributed by atoms with van der Waals surface area (Å²) in [5.74, 6) is 0.156. The molecule has 98 valence electrons. The van der Waals surface area contributed by atoms with Gasteiger partial charge in [-0.05, 0) is 67.1 Å². The van der Waals surface area contributed by atoms with Gasteiger partial charge in [0.05, 0.1) is 10.8 Å². The highest BCUT2D eigenvalue weighted by molar-refractivity contribution is 7.85. The van der Waals surface area contributed by atoms with E-state index in [4.69, 9.17) is 0 Å². The van der Waals surface area contributed by atoms with Crippen molar-refractivity contribution in [1.82, 2.24) is 0 Å². The number of phenols is 1. The zero-order valence-electron chi connectivity index (χ0n) is 10.6. The van der Waals surface area contributed by atoms with Crippen LogP contribution in [-0.2, 0) is 23.6 Å². The molecule has 19 heavy (non-hydrogen) atoms. The Labute approximate surface area is 115 Å². The number of fused-ring (bicyclic) bond motifs is 1. The third-order valence-corrected chi connectivity index (χ3v) is 4.93. The largest absolute Gasteiger partial charge is 0.508 e. The summed E-state index contributed by atoms with van der Waals surface area (Å²) < 4.78 is 12.5. The quantitative estimate of drug-likeness (QED) is 0.909. The number of aryl methyl sites for hydroxylation is 2. The van der Waals surface area contributed by atoms with E-state index in [1.807, 2.05) is 6.07 Å². The van der Waals surface area contributed by atoms with Crippen molar-refractivity contribution in [2.75, 3.05) is 0 Å². The van der Waals surface area contributed by atoms with E-state index in [1.165, 1.54) is 24.0 Å². The molecule has 2 aromatic rings. The smallest absolute Gasteiger partial charge is 0.116 e. The molecule has 1 N–H and O–H groups in total. The van der Waals surface area contributed by atoms with Crippen LogP contribution in [-0.4, -0.2) is 9.32 Å². The fourth-order valence-electron chi connectivity index (χ4n) is 2.56. The molecule has 0 radical (unpaired) electrons. The molecule has 0 saturated heterocycles. The Kier molecular flexibility index (Phi) is 3.38. The molecule has 1 unspecified atom stereocenters. The van der Waals surface area contributed by atoms with Crippen LogP contribution in [0.2, 0.25) is 0 Å². The van der Waals surface area contributed by atoms with Gasteiger partial charge in [0.25, 0.3) is 0 Å². The molecule has 0 amide bonds. The predicted molar refractivity (Wildman–Crippen MR) is 75.9 cm³/mol. The van der Waals surface area contributed by atoms with Crippen molar-refractivity contribution >= 4 is 10.8 Å². The lowest BCUT2D eigenvalue weighted by molar-refractivity contribution is 0.473. The third-order valence-electron chi connectivity index (χ3n) is 3.57. The van der Waals surface area contributed by atoms with E-state index in [0.29, 0.717) is 4.90 Å². The SMILES string of the molecule is O=S(c1cccc(O)c1)c1ccc2c(c1)CCCC2. The highest BCUT2D eigenvalue weighted by Gasteiger charge is 2.13. The fourth-order valence-corrected chi connectivity index (χ4v) is 3.70. The fraction of sp³-hybridized carbons (Fsp3) is 0.250. The molecule has 1 atom stereocenters. The van der Waals surface area contributed by atoms with E-state index in [0.717, 1.165) is 17.7 Å². The molecule has 1 aliphatic rings. The molecular formula is C16H16O2S. The van der Waals surface area contributed by atoms with Crippen LogP contribution >= 0.6 is 0 Å². The van der Waals surface area contributed by atoms with Gasteiger partial charge in [-0.25, -0.2) is 4.21 Å². The summed E-state index contributed by atoms with van der Waals surface area (Å²) in [6, 6.07) is 12.8. The first kappa shape index (κ1) is 12.4. The molecule has 3 heteroatoms. The van der Waals surface area contributed by atoms with Gasteiger partial charge in [0.15, 0.2) is 0 Å². The monoisotopic (exact) mass is 272 g/mol. The van der Waals surface area contributed by atoms with Crippen LogP contribution in [0.4, 0.5) is 0 Å². The Morgan fingerprint density at radius 1 is 0.895 bits per heavy atom. The maximum Gasteiger partial charge on any atom is 0.116 e. The number of rotatable bonds is 2. The summed E-state index contributed by atoms with van der Waals surface area (Å²) in [7, 11) is -1.22. The molecule has 0 aliphatic heterocycles. The van der Waals surface area contributed by atoms with Crippen molar-refractivity contribution in [2.24, 2.45) is 0 Å². The molecule has 0 bridgehead atoms. The number of aromatic hydroxyl groups is 1. The van der Waals surface area contributed by atoms with Gasteiger partial charge in [-0.15, -0.1) is 0 Å². The first-order valence-electron chi connectivity index (χ1n) is 6.57. The van der Waals surface area contributed by atoms with Gasteiger partial charge in [-0.3, -0.25) is 0 Å². The predicted octanol–water partition coefficient (Wildman–Crippen LogP) is 3.44. The second-order valence-corrected chi connectivity index (χ2v) is 6.38. The minimum Gasteiger partial charge on any atom is -0.508 e. The molecule has 2 nitrogen and oxygen atoms in total. The summed E-state index contributed by atoms with van der Waals surface area (Å²) in [5.41, 5.74) is 2.72. The first-order valence-corrected chi connectivity index (χ1v) is 7.71. The van der Waals surface area contributed by atoms with Crippen LogP contribution < -0.4 is 0 Å². The normalized spacial score (nSPS) is 15.8. The number of hydrogen-bond acceptors (Lipinski definition) is 2. The minimum absolute atomic E-state index is 0.156. The first-order chi connectivity index (χ1) is 9.24. The van der Waals surface area contributed by atoms with Crippen LogP contribution in [0.3, 0.4) is 0 Å². The lowest BCUT2D eigenvalue weighted by Gasteiger charge is -2.16. The summed E-state index contributed by atoms with van der Waals surface area (Å²) in [4.78, 5) is 1.47. The summed E-state index contributed by atoms with van der Waals surface area (Å²) in [6.45, 7) is 0. The molecule has 0 fully saturated rings. The van der Waals surface area contributed by atoms with E-state index >= 15 is 0 Å². The molecule has 0 aromatic heterocycles. The van der Waals surface area contributed by atoms with Gasteiger partial charge in [0.1, 0.15) is 5.75 Å². The average Bonchev–Trinajstić information content (AvgIpc) is 2.46. The van der Waals surface area contributed by atoms with E-state index in [1.54, 1.807) is 24.3 Å². The average molecular weight is 272 g/mol. The maximum absolute atomic E-state index is 12.5. The second kappa shape index (κ2) is 5.17. The number of phenolic OH excluding ortho intramolecular Hbond substituents is 1. The Morgan fingerprint density at radius 2 is 1.63 bits per heavy atom. The van der Waals surface area contributed by atoms with Gasteiger partial charge >= 0.3 is 0 Å². The van der Waals surface area contributed by atoms with Gasteiger partial charge in [-0.2, -0.15) is 0 Å². The lowest BCUT2D eigenvalue weighted by Crippen LogP contribution is -2.04. The summed E-state index contributed by atoms with van der Waals surface area (Å²) in [6.07, 6.45) is 4.69. The molecule has 2 aromatic carbocycles. The van der Waals surface area contributed by atoms with E-state index < -0.39 is 10.8 Å². The zero-order valence-corrected chi connectivity index (χ0v) is 11.5. The Bertz CT molecular complexity index is 634. The summed E-state index contributed by atoms with van der Waals surface area (Å²) in [5, 5.41) is 9.47. The Hall–Kier alpha value is -1.61. The lowest BCUT2D eigenvalue weighted by atomic mass is 9.92. The van der Waals surface area contributed by atoms with E-state index in [-0.39, 0.29) is 5.75 Å².